The maximum atomic E-state index is 7.57. The van der Waals surface area contributed by atoms with Crippen LogP contribution in [0, 0.1) is 52.8 Å². The predicted molar refractivity (Wildman–Crippen MR) is 407 cm³/mol. The quantitative estimate of drug-likeness (QED) is 0.147. The third-order valence-electron chi connectivity index (χ3n) is 19.0. The van der Waals surface area contributed by atoms with Crippen LogP contribution in [0.25, 0.3) is 67.3 Å². The molecule has 16 rings (SSSR count). The van der Waals surface area contributed by atoms with E-state index in [1.54, 1.807) is 26.2 Å². The number of fused-ring (bicyclic) bond motifs is 10. The Morgan fingerprint density at radius 3 is 1.19 bits per heavy atom. The zero-order valence-corrected chi connectivity index (χ0v) is 65.7. The normalized spacial score (nSPS) is 13.3. The first kappa shape index (κ1) is 79.5. The van der Waals surface area contributed by atoms with Crippen molar-refractivity contribution in [2.24, 2.45) is 0 Å². The first-order valence-corrected chi connectivity index (χ1v) is 33.7. The molecular weight excluding hydrogens is 1600 g/mol. The molecule has 0 unspecified atom stereocenters. The standard InChI is InChI=1S/C22H21N.C22H20N.2C20H16NO.C2H6O.C2H5.2CH4O.2Ir/c2*1-14-12-20(23-13-15(14)2)18-10-7-9-17-16-8-5-6-11-19(16)22(3,4)21(17)18;2*1-20(2)15-7-3-4-9-18(15)22-19-11-10-14(13-16(19)20)17-8-5-6-12-21-17;1-2-3;3*1-2;;/h5-13H,1-4H3;5-9,11-13H,1-4H3;2*3-9,11-13H,1-2H3;3H,2H2,1H3;1H2,2H3;2*2H,1H3;;/q;3*-1;;-1;;;;. The summed E-state index contributed by atoms with van der Waals surface area (Å²) >= 11 is 0. The van der Waals surface area contributed by atoms with Gasteiger partial charge in [-0.1, -0.05) is 211 Å². The van der Waals surface area contributed by atoms with Gasteiger partial charge in [-0.25, -0.2) is 0 Å². The summed E-state index contributed by atoms with van der Waals surface area (Å²) in [6, 6.07) is 79.2. The van der Waals surface area contributed by atoms with E-state index in [9.17, 15) is 0 Å². The Morgan fingerprint density at radius 1 is 0.366 bits per heavy atom. The molecule has 9 nitrogen and oxygen atoms in total. The van der Waals surface area contributed by atoms with Gasteiger partial charge >= 0.3 is 0 Å². The van der Waals surface area contributed by atoms with Gasteiger partial charge in [0.1, 0.15) is 11.5 Å². The van der Waals surface area contributed by atoms with Gasteiger partial charge in [-0.2, -0.15) is 6.92 Å². The van der Waals surface area contributed by atoms with Crippen LogP contribution in [0.4, 0.5) is 0 Å². The Morgan fingerprint density at radius 2 is 0.743 bits per heavy atom. The summed E-state index contributed by atoms with van der Waals surface area (Å²) in [4.78, 5) is 18.2. The van der Waals surface area contributed by atoms with E-state index < -0.39 is 0 Å². The van der Waals surface area contributed by atoms with Crippen molar-refractivity contribution in [3.63, 3.8) is 0 Å². The molecule has 524 valence electrons. The number of hydrogen-bond donors (Lipinski definition) is 3. The summed E-state index contributed by atoms with van der Waals surface area (Å²) in [5, 5.41) is 21.6. The van der Waals surface area contributed by atoms with E-state index in [0.29, 0.717) is 0 Å². The second kappa shape index (κ2) is 34.7. The van der Waals surface area contributed by atoms with Crippen LogP contribution in [0.2, 0.25) is 0 Å². The number of benzene rings is 8. The third kappa shape index (κ3) is 16.2. The minimum Gasteiger partial charge on any atom is -0.501 e. The topological polar surface area (TPSA) is 131 Å². The molecule has 4 aliphatic rings. The van der Waals surface area contributed by atoms with Crippen molar-refractivity contribution in [1.82, 2.24) is 19.9 Å². The smallest absolute Gasteiger partial charge is 0.118 e. The zero-order valence-electron chi connectivity index (χ0n) is 60.9. The van der Waals surface area contributed by atoms with Gasteiger partial charge in [0.05, 0.1) is 5.69 Å². The van der Waals surface area contributed by atoms with Crippen LogP contribution in [0.15, 0.2) is 225 Å². The maximum absolute atomic E-state index is 7.57. The molecule has 0 amide bonds. The molecule has 0 saturated heterocycles. The van der Waals surface area contributed by atoms with E-state index in [2.05, 4.69) is 244 Å². The SMILES string of the molecule is CC1(C)c2ccccc2Oc2c[c-]c(-c3ccccn3)cc21.CC1(C)c2ccccc2Oc2c[c-]c(-c3ccccn3)cc21.CCO.CO.CO.Cc1cnc(-c2[c-]ccc3c2C(C)(C)c2ccccc2-3)cc1C.Cc1cnc(-c2cccc3c2C(C)(C)c2ccccc2-3)cc1C.[CH2-]C.[Ir].[Ir]. The Kier molecular flexibility index (Phi) is 27.3. The number of aliphatic hydroxyl groups is 3. The van der Waals surface area contributed by atoms with Crippen molar-refractivity contribution in [3.8, 4) is 90.3 Å². The molecule has 2 aliphatic heterocycles. The second-order valence-corrected chi connectivity index (χ2v) is 26.5. The molecule has 4 aromatic heterocycles. The van der Waals surface area contributed by atoms with Gasteiger partial charge in [0, 0.05) is 130 Å². The fourth-order valence-electron chi connectivity index (χ4n) is 13.7. The molecule has 0 atom stereocenters. The molecule has 2 radical (unpaired) electrons. The van der Waals surface area contributed by atoms with Gasteiger partial charge < -0.3 is 46.7 Å². The van der Waals surface area contributed by atoms with Crippen LogP contribution in [0.1, 0.15) is 136 Å². The van der Waals surface area contributed by atoms with Crippen LogP contribution in [0.3, 0.4) is 0 Å². The summed E-state index contributed by atoms with van der Waals surface area (Å²) in [5.41, 5.74) is 28.8. The molecule has 11 heteroatoms. The van der Waals surface area contributed by atoms with Crippen LogP contribution in [-0.2, 0) is 61.9 Å². The fourth-order valence-corrected chi connectivity index (χ4v) is 13.7. The average Bonchev–Trinajstić information content (AvgIpc) is 1.74. The summed E-state index contributed by atoms with van der Waals surface area (Å²) < 4.78 is 12.1. The van der Waals surface area contributed by atoms with Crippen molar-refractivity contribution in [2.45, 2.75) is 119 Å². The number of aliphatic hydroxyl groups excluding tert-OH is 3. The zero-order chi connectivity index (χ0) is 71.4. The maximum Gasteiger partial charge on any atom is 0.118 e. The molecule has 0 bridgehead atoms. The van der Waals surface area contributed by atoms with E-state index in [4.69, 9.17) is 29.8 Å². The van der Waals surface area contributed by atoms with Gasteiger partial charge in [-0.15, -0.1) is 76.9 Å². The molecule has 0 spiro atoms. The molecule has 2 aliphatic carbocycles. The molecule has 12 aromatic rings. The molecule has 6 heterocycles. The predicted octanol–water partition coefficient (Wildman–Crippen LogP) is 21.2. The Hall–Kier alpha value is -8.86. The molecule has 0 fully saturated rings. The van der Waals surface area contributed by atoms with Crippen LogP contribution in [0.5, 0.6) is 23.0 Å². The van der Waals surface area contributed by atoms with Crippen molar-refractivity contribution in [3.05, 3.63) is 317 Å². The molecule has 8 aromatic carbocycles. The summed E-state index contributed by atoms with van der Waals surface area (Å²) in [7, 11) is 2.00. The molecule has 3 N–H and O–H groups in total. The number of para-hydroxylation sites is 2. The molecule has 101 heavy (non-hydrogen) atoms. The largest absolute Gasteiger partial charge is 0.501 e. The van der Waals surface area contributed by atoms with Crippen molar-refractivity contribution < 1.29 is 65.0 Å². The average molecular weight is 1690 g/mol. The van der Waals surface area contributed by atoms with Crippen molar-refractivity contribution in [1.29, 1.82) is 0 Å². The van der Waals surface area contributed by atoms with Crippen LogP contribution in [-0.4, -0.2) is 56.1 Å². The number of pyridine rings is 4. The number of ether oxygens (including phenoxy) is 2. The van der Waals surface area contributed by atoms with E-state index >= 15 is 0 Å². The van der Waals surface area contributed by atoms with Crippen molar-refractivity contribution >= 4 is 0 Å². The van der Waals surface area contributed by atoms with Gasteiger partial charge in [-0.05, 0) is 138 Å². The van der Waals surface area contributed by atoms with Crippen molar-refractivity contribution in [2.75, 3.05) is 20.8 Å². The number of aromatic nitrogens is 4. The van der Waals surface area contributed by atoms with Crippen LogP contribution >= 0.6 is 0 Å². The Balaban J connectivity index is 0.000000181. The van der Waals surface area contributed by atoms with E-state index in [1.807, 2.05) is 91.3 Å². The van der Waals surface area contributed by atoms with Gasteiger partial charge in [0.2, 0.25) is 0 Å². The first-order valence-electron chi connectivity index (χ1n) is 33.7. The summed E-state index contributed by atoms with van der Waals surface area (Å²) in [6.07, 6.45) is 7.56. The summed E-state index contributed by atoms with van der Waals surface area (Å²) in [6.45, 7) is 33.6. The number of aryl methyl sites for hydroxylation is 4. The second-order valence-electron chi connectivity index (χ2n) is 26.5. The van der Waals surface area contributed by atoms with Crippen LogP contribution < -0.4 is 9.47 Å². The molecule has 0 saturated carbocycles. The Labute approximate surface area is 627 Å². The summed E-state index contributed by atoms with van der Waals surface area (Å²) in [5.74, 6) is 3.62. The minimum atomic E-state index is -0.108. The van der Waals surface area contributed by atoms with E-state index in [0.717, 1.165) is 76.7 Å². The molecular formula is C90H92Ir2N4O5-4. The fraction of sp³-hybridized carbons (Fsp3) is 0.233. The van der Waals surface area contributed by atoms with Gasteiger partial charge in [-0.3, -0.25) is 4.98 Å². The van der Waals surface area contributed by atoms with E-state index in [1.165, 1.54) is 94.6 Å². The number of nitrogens with zero attached hydrogens (tertiary/aromatic N) is 4. The monoisotopic (exact) mass is 1690 g/mol. The van der Waals surface area contributed by atoms with Gasteiger partial charge in [0.15, 0.2) is 0 Å². The Bertz CT molecular complexity index is 4460. The number of hydrogen-bond acceptors (Lipinski definition) is 9. The minimum absolute atomic E-state index is 0. The van der Waals surface area contributed by atoms with Gasteiger partial charge in [0.25, 0.3) is 0 Å². The number of rotatable bonds is 4. The third-order valence-corrected chi connectivity index (χ3v) is 19.0. The first-order chi connectivity index (χ1) is 47.7. The van der Waals surface area contributed by atoms with E-state index in [-0.39, 0.29) is 68.5 Å².